The number of Topliss-reactive ketones (excluding diaryl/α,β-unsaturated/α-hetero) is 1. The third-order valence-corrected chi connectivity index (χ3v) is 6.14. The summed E-state index contributed by atoms with van der Waals surface area (Å²) in [6, 6.07) is 3.33. The smallest absolute Gasteiger partial charge is 0.266 e. The lowest BCUT2D eigenvalue weighted by Crippen LogP contribution is -2.54. The highest BCUT2D eigenvalue weighted by molar-refractivity contribution is 6.24. The van der Waals surface area contributed by atoms with Crippen LogP contribution in [0.1, 0.15) is 67.2 Å². The van der Waals surface area contributed by atoms with Gasteiger partial charge in [-0.15, -0.1) is 0 Å². The SMILES string of the molecule is CC(C)(C)OCC(=O)CCCOCCOCCNC(=O)COc1cccc2c1C(=O)N(C1CCC(=O)NC1=O)C2=O. The van der Waals surface area contributed by atoms with E-state index < -0.39 is 42.2 Å². The molecule has 1 aromatic carbocycles. The molecule has 2 aliphatic heterocycles. The van der Waals surface area contributed by atoms with Crippen molar-refractivity contribution in [3.63, 3.8) is 0 Å². The van der Waals surface area contributed by atoms with E-state index in [-0.39, 0.29) is 60.9 Å². The molecule has 1 saturated heterocycles. The fourth-order valence-electron chi connectivity index (χ4n) is 4.12. The summed E-state index contributed by atoms with van der Waals surface area (Å²) in [5, 5.41) is 4.77. The average molecular weight is 576 g/mol. The zero-order valence-electron chi connectivity index (χ0n) is 23.6. The van der Waals surface area contributed by atoms with Crippen LogP contribution < -0.4 is 15.4 Å². The first-order chi connectivity index (χ1) is 19.5. The molecule has 0 aromatic heterocycles. The maximum atomic E-state index is 13.1. The first kappa shape index (κ1) is 31.8. The number of ketones is 1. The summed E-state index contributed by atoms with van der Waals surface area (Å²) < 4.78 is 21.8. The molecule has 2 aliphatic rings. The first-order valence-corrected chi connectivity index (χ1v) is 13.5. The molecule has 0 bridgehead atoms. The van der Waals surface area contributed by atoms with E-state index in [0.29, 0.717) is 32.7 Å². The van der Waals surface area contributed by atoms with Crippen LogP contribution in [0.4, 0.5) is 0 Å². The molecule has 1 aromatic rings. The zero-order chi connectivity index (χ0) is 30.0. The van der Waals surface area contributed by atoms with Crippen LogP contribution in [0.25, 0.3) is 0 Å². The highest BCUT2D eigenvalue weighted by Crippen LogP contribution is 2.33. The summed E-state index contributed by atoms with van der Waals surface area (Å²) in [5.74, 6) is -2.92. The van der Waals surface area contributed by atoms with Gasteiger partial charge >= 0.3 is 0 Å². The Hall–Kier alpha value is -3.68. The second-order valence-electron chi connectivity index (χ2n) is 10.5. The van der Waals surface area contributed by atoms with Gasteiger partial charge in [-0.2, -0.15) is 0 Å². The van der Waals surface area contributed by atoms with Crippen molar-refractivity contribution in [3.8, 4) is 5.75 Å². The van der Waals surface area contributed by atoms with Crippen LogP contribution in [0.5, 0.6) is 5.75 Å². The van der Waals surface area contributed by atoms with E-state index in [1.54, 1.807) is 0 Å². The number of hydrogen-bond acceptors (Lipinski definition) is 10. The maximum Gasteiger partial charge on any atom is 0.266 e. The minimum absolute atomic E-state index is 0.0143. The Morgan fingerprint density at radius 1 is 1.00 bits per heavy atom. The van der Waals surface area contributed by atoms with E-state index >= 15 is 0 Å². The van der Waals surface area contributed by atoms with Gasteiger partial charge in [0.1, 0.15) is 18.4 Å². The maximum absolute atomic E-state index is 13.1. The van der Waals surface area contributed by atoms with Crippen molar-refractivity contribution >= 4 is 35.3 Å². The van der Waals surface area contributed by atoms with Crippen LogP contribution in [0, 0.1) is 0 Å². The second kappa shape index (κ2) is 14.8. The Bertz CT molecular complexity index is 1160. The predicted molar refractivity (Wildman–Crippen MR) is 143 cm³/mol. The number of benzene rings is 1. The zero-order valence-corrected chi connectivity index (χ0v) is 23.6. The summed E-state index contributed by atoms with van der Waals surface area (Å²) in [6.07, 6.45) is 1.04. The molecule has 1 unspecified atom stereocenters. The van der Waals surface area contributed by atoms with Gasteiger partial charge in [0.2, 0.25) is 11.8 Å². The summed E-state index contributed by atoms with van der Waals surface area (Å²) in [6.45, 7) is 6.95. The molecule has 0 saturated carbocycles. The minimum Gasteiger partial charge on any atom is -0.483 e. The molecule has 5 amide bonds. The van der Waals surface area contributed by atoms with Crippen molar-refractivity contribution < 1.29 is 47.7 Å². The van der Waals surface area contributed by atoms with Crippen molar-refractivity contribution in [2.24, 2.45) is 0 Å². The molecule has 1 atom stereocenters. The van der Waals surface area contributed by atoms with E-state index in [4.69, 9.17) is 18.9 Å². The van der Waals surface area contributed by atoms with Gasteiger partial charge in [-0.1, -0.05) is 6.07 Å². The van der Waals surface area contributed by atoms with Crippen LogP contribution in [0.3, 0.4) is 0 Å². The molecule has 224 valence electrons. The molecular formula is C28H37N3O10. The van der Waals surface area contributed by atoms with Gasteiger partial charge in [0, 0.05) is 26.0 Å². The van der Waals surface area contributed by atoms with Gasteiger partial charge in [0.05, 0.1) is 36.5 Å². The highest BCUT2D eigenvalue weighted by Gasteiger charge is 2.46. The van der Waals surface area contributed by atoms with Crippen molar-refractivity contribution in [3.05, 3.63) is 29.3 Å². The average Bonchev–Trinajstić information content (AvgIpc) is 3.17. The number of carbonyl (C=O) groups excluding carboxylic acids is 6. The van der Waals surface area contributed by atoms with Gasteiger partial charge in [-0.3, -0.25) is 39.0 Å². The Morgan fingerprint density at radius 2 is 1.73 bits per heavy atom. The van der Waals surface area contributed by atoms with Crippen molar-refractivity contribution in [1.29, 1.82) is 0 Å². The molecule has 13 nitrogen and oxygen atoms in total. The molecule has 0 aliphatic carbocycles. The standard InChI is InChI=1S/C28H37N3O10/c1-28(2,3)41-16-18(32)6-5-12-38-14-15-39-13-11-29-23(34)17-40-21-8-4-7-19-24(21)27(37)31(26(19)36)20-9-10-22(33)30-25(20)35/h4,7-8,20H,5-6,9-17H2,1-3H3,(H,29,34)(H,30,33,35). The number of hydrogen-bond donors (Lipinski definition) is 2. The largest absolute Gasteiger partial charge is 0.483 e. The van der Waals surface area contributed by atoms with Gasteiger partial charge in [-0.25, -0.2) is 0 Å². The molecule has 2 N–H and O–H groups in total. The lowest BCUT2D eigenvalue weighted by Gasteiger charge is -2.27. The number of rotatable bonds is 16. The lowest BCUT2D eigenvalue weighted by atomic mass is 10.0. The monoisotopic (exact) mass is 575 g/mol. The molecule has 13 heteroatoms. The van der Waals surface area contributed by atoms with Gasteiger partial charge in [-0.05, 0) is 45.7 Å². The number of ether oxygens (including phenoxy) is 4. The van der Waals surface area contributed by atoms with Crippen LogP contribution in [-0.2, 0) is 33.4 Å². The third kappa shape index (κ3) is 9.44. The molecule has 3 rings (SSSR count). The fraction of sp³-hybridized carbons (Fsp3) is 0.571. The number of fused-ring (bicyclic) bond motifs is 1. The van der Waals surface area contributed by atoms with E-state index in [1.807, 2.05) is 20.8 Å². The fourth-order valence-corrected chi connectivity index (χ4v) is 4.12. The summed E-state index contributed by atoms with van der Waals surface area (Å²) in [4.78, 5) is 74.4. The number of piperidine rings is 1. The van der Waals surface area contributed by atoms with Crippen LogP contribution in [0.15, 0.2) is 18.2 Å². The van der Waals surface area contributed by atoms with Crippen molar-refractivity contribution in [2.45, 2.75) is 58.1 Å². The first-order valence-electron chi connectivity index (χ1n) is 13.5. The Morgan fingerprint density at radius 3 is 2.44 bits per heavy atom. The topological polar surface area (TPSA) is 167 Å². The summed E-state index contributed by atoms with van der Waals surface area (Å²) in [5.41, 5.74) is -0.306. The van der Waals surface area contributed by atoms with Crippen molar-refractivity contribution in [2.75, 3.05) is 46.2 Å². The Balaban J connectivity index is 1.30. The number of imide groups is 2. The van der Waals surface area contributed by atoms with E-state index in [2.05, 4.69) is 10.6 Å². The number of carbonyl (C=O) groups is 6. The molecular weight excluding hydrogens is 538 g/mol. The van der Waals surface area contributed by atoms with E-state index in [1.165, 1.54) is 18.2 Å². The van der Waals surface area contributed by atoms with E-state index in [9.17, 15) is 28.8 Å². The molecule has 0 radical (unpaired) electrons. The third-order valence-electron chi connectivity index (χ3n) is 6.14. The van der Waals surface area contributed by atoms with Crippen LogP contribution in [0.2, 0.25) is 0 Å². The van der Waals surface area contributed by atoms with Gasteiger partial charge in [0.15, 0.2) is 12.4 Å². The quantitative estimate of drug-likeness (QED) is 0.212. The normalized spacial score (nSPS) is 17.0. The Labute approximate surface area is 238 Å². The van der Waals surface area contributed by atoms with Crippen molar-refractivity contribution in [1.82, 2.24) is 15.5 Å². The minimum atomic E-state index is -1.09. The predicted octanol–water partition coefficient (Wildman–Crippen LogP) is 0.780. The van der Waals surface area contributed by atoms with Gasteiger partial charge < -0.3 is 24.3 Å². The lowest BCUT2D eigenvalue weighted by molar-refractivity contribution is -0.136. The number of nitrogens with one attached hydrogen (secondary N) is 2. The Kier molecular flexibility index (Phi) is 11.5. The van der Waals surface area contributed by atoms with Crippen LogP contribution >= 0.6 is 0 Å². The summed E-state index contributed by atoms with van der Waals surface area (Å²) >= 11 is 0. The number of amides is 5. The number of nitrogens with zero attached hydrogens (tertiary/aromatic N) is 1. The molecule has 0 spiro atoms. The van der Waals surface area contributed by atoms with Crippen LogP contribution in [-0.4, -0.2) is 98.0 Å². The molecule has 41 heavy (non-hydrogen) atoms. The summed E-state index contributed by atoms with van der Waals surface area (Å²) in [7, 11) is 0. The highest BCUT2D eigenvalue weighted by atomic mass is 16.5. The van der Waals surface area contributed by atoms with Gasteiger partial charge in [0.25, 0.3) is 17.7 Å². The van der Waals surface area contributed by atoms with E-state index in [0.717, 1.165) is 4.90 Å². The second-order valence-corrected chi connectivity index (χ2v) is 10.5. The molecule has 1 fully saturated rings. The molecule has 2 heterocycles.